The molecule has 1 atom stereocenters. The van der Waals surface area contributed by atoms with Crippen LogP contribution in [0.15, 0.2) is 40.0 Å². The van der Waals surface area contributed by atoms with Crippen molar-refractivity contribution in [3.8, 4) is 0 Å². The molecule has 0 spiro atoms. The van der Waals surface area contributed by atoms with E-state index in [1.165, 1.54) is 47.8 Å². The molecular formula is C31H42N4O2S. The van der Waals surface area contributed by atoms with E-state index in [2.05, 4.69) is 70.6 Å². The Balaban J connectivity index is 1.25. The molecule has 3 heterocycles. The quantitative estimate of drug-likeness (QED) is 0.314. The lowest BCUT2D eigenvalue weighted by molar-refractivity contribution is -0.0130. The van der Waals surface area contributed by atoms with Gasteiger partial charge in [-0.05, 0) is 83.6 Å². The second-order valence-corrected chi connectivity index (χ2v) is 12.7. The van der Waals surface area contributed by atoms with Gasteiger partial charge in [0.2, 0.25) is 0 Å². The maximum atomic E-state index is 12.8. The Labute approximate surface area is 230 Å². The van der Waals surface area contributed by atoms with Gasteiger partial charge >= 0.3 is 0 Å². The number of hydrogen-bond donors (Lipinski definition) is 3. The molecule has 2 aromatic heterocycles. The molecule has 7 heteroatoms. The van der Waals surface area contributed by atoms with Gasteiger partial charge in [-0.2, -0.15) is 0 Å². The average Bonchev–Trinajstić information content (AvgIpc) is 3.60. The topological polar surface area (TPSA) is 71.1 Å². The van der Waals surface area contributed by atoms with Gasteiger partial charge in [-0.1, -0.05) is 18.2 Å². The van der Waals surface area contributed by atoms with Gasteiger partial charge in [0, 0.05) is 62.5 Å². The minimum absolute atomic E-state index is 0.0281. The highest BCUT2D eigenvalue weighted by Gasteiger charge is 2.47. The number of aromatic nitrogens is 2. The summed E-state index contributed by atoms with van der Waals surface area (Å²) in [4.78, 5) is 16.9. The predicted octanol–water partition coefficient (Wildman–Crippen LogP) is 5.56. The zero-order valence-corrected chi connectivity index (χ0v) is 24.0. The lowest BCUT2D eigenvalue weighted by atomic mass is 9.81. The van der Waals surface area contributed by atoms with Crippen LogP contribution in [-0.2, 0) is 16.8 Å². The molecule has 3 fully saturated rings. The van der Waals surface area contributed by atoms with Gasteiger partial charge in [-0.15, -0.1) is 11.8 Å². The van der Waals surface area contributed by atoms with Crippen molar-refractivity contribution >= 4 is 22.7 Å². The summed E-state index contributed by atoms with van der Waals surface area (Å²) in [6, 6.07) is 12.7. The average molecular weight is 535 g/mol. The predicted molar refractivity (Wildman–Crippen MR) is 156 cm³/mol. The number of H-pyrrole nitrogens is 1. The zero-order chi connectivity index (χ0) is 26.4. The fourth-order valence-electron chi connectivity index (χ4n) is 7.10. The number of pyridine rings is 1. The summed E-state index contributed by atoms with van der Waals surface area (Å²) in [5.74, 6) is 0.686. The Hall–Kier alpha value is -2.06. The summed E-state index contributed by atoms with van der Waals surface area (Å²) in [7, 11) is 0. The molecule has 3 aromatic rings. The van der Waals surface area contributed by atoms with Crippen molar-refractivity contribution < 1.29 is 4.74 Å². The number of hydrogen-bond acceptors (Lipinski definition) is 5. The molecule has 6 nitrogen and oxygen atoms in total. The lowest BCUT2D eigenvalue weighted by Gasteiger charge is -2.37. The van der Waals surface area contributed by atoms with Crippen LogP contribution in [0.2, 0.25) is 0 Å². The van der Waals surface area contributed by atoms with E-state index >= 15 is 0 Å². The van der Waals surface area contributed by atoms with Crippen molar-refractivity contribution in [1.82, 2.24) is 20.2 Å². The van der Waals surface area contributed by atoms with E-state index in [-0.39, 0.29) is 11.1 Å². The molecule has 3 aliphatic rings. The van der Waals surface area contributed by atoms with E-state index in [1.54, 1.807) is 11.8 Å². The summed E-state index contributed by atoms with van der Waals surface area (Å²) in [6.45, 7) is 9.05. The molecule has 1 aromatic carbocycles. The molecule has 0 radical (unpaired) electrons. The Morgan fingerprint density at radius 2 is 1.87 bits per heavy atom. The van der Waals surface area contributed by atoms with Gasteiger partial charge in [0.25, 0.3) is 5.56 Å². The number of nitrogens with zero attached hydrogens (tertiary/aromatic N) is 1. The number of thioether (sulfide) groups is 1. The Morgan fingerprint density at radius 1 is 1.13 bits per heavy atom. The monoisotopic (exact) mass is 534 g/mol. The molecular weight excluding hydrogens is 492 g/mol. The van der Waals surface area contributed by atoms with Gasteiger partial charge < -0.3 is 24.9 Å². The molecule has 1 aliphatic heterocycles. The van der Waals surface area contributed by atoms with E-state index in [9.17, 15) is 4.79 Å². The normalized spacial score (nSPS) is 23.9. The van der Waals surface area contributed by atoms with Gasteiger partial charge in [-0.25, -0.2) is 0 Å². The fraction of sp³-hybridized carbons (Fsp3) is 0.581. The summed E-state index contributed by atoms with van der Waals surface area (Å²) in [5.41, 5.74) is 5.91. The third-order valence-electron chi connectivity index (χ3n) is 9.41. The Morgan fingerprint density at radius 3 is 2.53 bits per heavy atom. The fourth-order valence-corrected chi connectivity index (χ4v) is 7.80. The van der Waals surface area contributed by atoms with Crippen LogP contribution >= 0.6 is 11.8 Å². The number of benzene rings is 1. The number of rotatable bonds is 9. The van der Waals surface area contributed by atoms with E-state index in [0.717, 1.165) is 42.2 Å². The lowest BCUT2D eigenvalue weighted by Crippen LogP contribution is -2.51. The van der Waals surface area contributed by atoms with E-state index in [1.807, 2.05) is 6.92 Å². The molecule has 2 aliphatic carbocycles. The Bertz CT molecular complexity index is 1360. The molecule has 0 unspecified atom stereocenters. The molecule has 1 saturated heterocycles. The maximum absolute atomic E-state index is 12.8. The standard InChI is InChI=1S/C31H42N4O2S/c1-19-15-28(38-4)26(30(36)33-19)16-32-31(13-14-31)29-21(3)35(27-8-6-5-7-25(27)29)20(2)22-9-11-23(12-10-22)34-24-17-37-18-24/h5-8,15,20,22-24,32,34H,9-14,16-18H2,1-4H3,(H,33,36)/t20-,22?,23?/m1/s1. The first kappa shape index (κ1) is 26.2. The van der Waals surface area contributed by atoms with Crippen molar-refractivity contribution in [2.45, 2.75) is 94.4 Å². The summed E-state index contributed by atoms with van der Waals surface area (Å²) in [6.07, 6.45) is 9.31. The van der Waals surface area contributed by atoms with Crippen molar-refractivity contribution in [3.05, 3.63) is 63.2 Å². The third kappa shape index (κ3) is 4.76. The summed E-state index contributed by atoms with van der Waals surface area (Å²) < 4.78 is 7.99. The van der Waals surface area contributed by atoms with Crippen molar-refractivity contribution in [2.24, 2.45) is 5.92 Å². The number of aromatic amines is 1. The minimum atomic E-state index is -0.0614. The maximum Gasteiger partial charge on any atom is 0.253 e. The highest BCUT2D eigenvalue weighted by atomic mass is 32.2. The Kier molecular flexibility index (Phi) is 7.23. The van der Waals surface area contributed by atoms with Crippen LogP contribution in [0.1, 0.15) is 74.0 Å². The van der Waals surface area contributed by atoms with E-state index < -0.39 is 0 Å². The van der Waals surface area contributed by atoms with Crippen molar-refractivity contribution in [1.29, 1.82) is 0 Å². The highest BCUT2D eigenvalue weighted by Crippen LogP contribution is 2.51. The number of aryl methyl sites for hydroxylation is 1. The second-order valence-electron chi connectivity index (χ2n) is 11.9. The number of ether oxygens (including phenoxy) is 1. The van der Waals surface area contributed by atoms with Gasteiger partial charge in [0.05, 0.1) is 19.3 Å². The number of nitrogens with one attached hydrogen (secondary N) is 3. The van der Waals surface area contributed by atoms with Crippen LogP contribution in [-0.4, -0.2) is 41.1 Å². The first-order chi connectivity index (χ1) is 18.4. The first-order valence-electron chi connectivity index (χ1n) is 14.4. The van der Waals surface area contributed by atoms with Crippen molar-refractivity contribution in [3.63, 3.8) is 0 Å². The SMILES string of the molecule is CSc1cc(C)[nH]c(=O)c1CNC1(c2c(C)n([C@H](C)C3CCC(NC4COC4)CC3)c3ccccc23)CC1. The largest absolute Gasteiger partial charge is 0.378 e. The summed E-state index contributed by atoms with van der Waals surface area (Å²) >= 11 is 1.65. The van der Waals surface area contributed by atoms with Crippen LogP contribution in [0, 0.1) is 19.8 Å². The summed E-state index contributed by atoms with van der Waals surface area (Å²) in [5, 5.41) is 9.04. The van der Waals surface area contributed by atoms with Crippen molar-refractivity contribution in [2.75, 3.05) is 19.5 Å². The molecule has 0 bridgehead atoms. The first-order valence-corrected chi connectivity index (χ1v) is 15.6. The molecule has 6 rings (SSSR count). The van der Waals surface area contributed by atoms with Crippen LogP contribution in [0.5, 0.6) is 0 Å². The zero-order valence-electron chi connectivity index (χ0n) is 23.2. The molecule has 3 N–H and O–H groups in total. The molecule has 38 heavy (non-hydrogen) atoms. The van der Waals surface area contributed by atoms with Gasteiger partial charge in [0.15, 0.2) is 0 Å². The highest BCUT2D eigenvalue weighted by molar-refractivity contribution is 7.98. The molecule has 0 amide bonds. The van der Waals surface area contributed by atoms with Crippen LogP contribution < -0.4 is 16.2 Å². The smallest absolute Gasteiger partial charge is 0.253 e. The second kappa shape index (κ2) is 10.5. The van der Waals surface area contributed by atoms with E-state index in [4.69, 9.17) is 4.74 Å². The third-order valence-corrected chi connectivity index (χ3v) is 10.2. The van der Waals surface area contributed by atoms with Crippen LogP contribution in [0.3, 0.4) is 0 Å². The van der Waals surface area contributed by atoms with Gasteiger partial charge in [0.1, 0.15) is 0 Å². The molecule has 2 saturated carbocycles. The van der Waals surface area contributed by atoms with Crippen LogP contribution in [0.4, 0.5) is 0 Å². The van der Waals surface area contributed by atoms with Crippen LogP contribution in [0.25, 0.3) is 10.9 Å². The number of para-hydroxylation sites is 1. The minimum Gasteiger partial charge on any atom is -0.378 e. The number of fused-ring (bicyclic) bond motifs is 1. The molecule has 204 valence electrons. The van der Waals surface area contributed by atoms with E-state index in [0.29, 0.717) is 30.6 Å². The van der Waals surface area contributed by atoms with Gasteiger partial charge in [-0.3, -0.25) is 4.79 Å².